The minimum Gasteiger partial charge on any atom is -0.350 e. The van der Waals surface area contributed by atoms with Crippen LogP contribution < -0.4 is 10.6 Å². The summed E-state index contributed by atoms with van der Waals surface area (Å²) in [5, 5.41) is 7.14. The smallest absolute Gasteiger partial charge is 0.319 e. The Morgan fingerprint density at radius 3 is 2.72 bits per heavy atom. The molecule has 2 heterocycles. The maximum Gasteiger partial charge on any atom is 0.319 e. The van der Waals surface area contributed by atoms with Gasteiger partial charge in [0.25, 0.3) is 0 Å². The third-order valence-electron chi connectivity index (χ3n) is 4.44. The Kier molecular flexibility index (Phi) is 4.74. The van der Waals surface area contributed by atoms with Crippen LogP contribution in [-0.4, -0.2) is 15.6 Å². The predicted octanol–water partition coefficient (Wildman–Crippen LogP) is 4.40. The molecule has 2 amide bonds. The van der Waals surface area contributed by atoms with Crippen LogP contribution in [0.3, 0.4) is 0 Å². The van der Waals surface area contributed by atoms with Gasteiger partial charge in [-0.15, -0.1) is 0 Å². The normalized spacial score (nSPS) is 12.4. The van der Waals surface area contributed by atoms with E-state index in [9.17, 15) is 4.79 Å². The molecule has 3 rings (SSSR count). The van der Waals surface area contributed by atoms with Crippen molar-refractivity contribution in [2.24, 2.45) is 13.0 Å². The van der Waals surface area contributed by atoms with E-state index >= 15 is 0 Å². The number of hydrogen-bond acceptors (Lipinski definition) is 2. The fraction of sp³-hybridized carbons (Fsp3) is 0.300. The van der Waals surface area contributed by atoms with Crippen molar-refractivity contribution in [1.29, 1.82) is 0 Å². The minimum atomic E-state index is -0.225. The average Bonchev–Trinajstić information content (AvgIpc) is 2.94. The van der Waals surface area contributed by atoms with Crippen LogP contribution in [0.25, 0.3) is 10.9 Å². The van der Waals surface area contributed by atoms with E-state index in [-0.39, 0.29) is 18.0 Å². The van der Waals surface area contributed by atoms with Gasteiger partial charge in [-0.3, -0.25) is 4.98 Å². The number of urea groups is 1. The van der Waals surface area contributed by atoms with Crippen LogP contribution >= 0.6 is 0 Å². The highest BCUT2D eigenvalue weighted by Gasteiger charge is 2.21. The van der Waals surface area contributed by atoms with Crippen molar-refractivity contribution in [3.63, 3.8) is 0 Å². The molecule has 0 aliphatic heterocycles. The molecule has 0 aliphatic carbocycles. The Balaban J connectivity index is 1.77. The SMILES string of the molecule is Cc1cccnc1C(NC(=O)Nc1ccc2ccn(C)c2c1)C(C)C. The van der Waals surface area contributed by atoms with Gasteiger partial charge in [0, 0.05) is 30.6 Å². The molecule has 0 bridgehead atoms. The van der Waals surface area contributed by atoms with Gasteiger partial charge in [-0.1, -0.05) is 26.0 Å². The molecule has 5 heteroatoms. The van der Waals surface area contributed by atoms with Crippen LogP contribution in [0.15, 0.2) is 48.8 Å². The largest absolute Gasteiger partial charge is 0.350 e. The van der Waals surface area contributed by atoms with Crippen molar-refractivity contribution in [2.75, 3.05) is 5.32 Å². The summed E-state index contributed by atoms with van der Waals surface area (Å²) in [6.07, 6.45) is 3.77. The molecule has 0 spiro atoms. The van der Waals surface area contributed by atoms with Gasteiger partial charge in [-0.25, -0.2) is 4.79 Å². The van der Waals surface area contributed by atoms with Crippen LogP contribution in [-0.2, 0) is 7.05 Å². The fourth-order valence-corrected chi connectivity index (χ4v) is 3.02. The zero-order chi connectivity index (χ0) is 18.0. The Bertz CT molecular complexity index is 898. The summed E-state index contributed by atoms with van der Waals surface area (Å²) in [6.45, 7) is 6.17. The quantitative estimate of drug-likeness (QED) is 0.742. The van der Waals surface area contributed by atoms with Gasteiger partial charge in [0.15, 0.2) is 0 Å². The maximum absolute atomic E-state index is 12.5. The summed E-state index contributed by atoms with van der Waals surface area (Å²) < 4.78 is 2.03. The first-order chi connectivity index (χ1) is 12.0. The number of nitrogens with one attached hydrogen (secondary N) is 2. The molecular weight excluding hydrogens is 312 g/mol. The molecule has 5 nitrogen and oxygen atoms in total. The molecule has 0 saturated carbocycles. The van der Waals surface area contributed by atoms with Gasteiger partial charge in [-0.2, -0.15) is 0 Å². The second kappa shape index (κ2) is 6.97. The lowest BCUT2D eigenvalue weighted by Crippen LogP contribution is -2.36. The number of pyridine rings is 1. The van der Waals surface area contributed by atoms with Crippen molar-refractivity contribution in [2.45, 2.75) is 26.8 Å². The van der Waals surface area contributed by atoms with Crippen LogP contribution in [0, 0.1) is 12.8 Å². The molecule has 1 aromatic carbocycles. The summed E-state index contributed by atoms with van der Waals surface area (Å²) in [6, 6.07) is 11.5. The number of aryl methyl sites for hydroxylation is 2. The number of amides is 2. The highest BCUT2D eigenvalue weighted by molar-refractivity contribution is 5.93. The van der Waals surface area contributed by atoms with Crippen molar-refractivity contribution >= 4 is 22.6 Å². The predicted molar refractivity (Wildman–Crippen MR) is 102 cm³/mol. The number of nitrogens with zero attached hydrogens (tertiary/aromatic N) is 2. The number of anilines is 1. The Morgan fingerprint density at radius 2 is 2.00 bits per heavy atom. The number of carbonyl (C=O) groups is 1. The second-order valence-corrected chi connectivity index (χ2v) is 6.73. The number of aromatic nitrogens is 2. The molecule has 1 unspecified atom stereocenters. The van der Waals surface area contributed by atoms with Crippen molar-refractivity contribution in [3.05, 3.63) is 60.0 Å². The molecule has 0 fully saturated rings. The number of hydrogen-bond donors (Lipinski definition) is 2. The molecule has 3 aromatic rings. The van der Waals surface area contributed by atoms with E-state index < -0.39 is 0 Å². The standard InChI is InChI=1S/C20H24N4O/c1-13(2)18(19-14(3)6-5-10-21-19)23-20(25)22-16-8-7-15-9-11-24(4)17(15)12-16/h5-13,18H,1-4H3,(H2,22,23,25). The van der Waals surface area contributed by atoms with E-state index in [2.05, 4.69) is 35.5 Å². The Labute approximate surface area is 148 Å². The van der Waals surface area contributed by atoms with Crippen molar-refractivity contribution in [3.8, 4) is 0 Å². The number of carbonyl (C=O) groups excluding carboxylic acids is 1. The lowest BCUT2D eigenvalue weighted by molar-refractivity contribution is 0.244. The minimum absolute atomic E-state index is 0.139. The van der Waals surface area contributed by atoms with Crippen LogP contribution in [0.2, 0.25) is 0 Å². The van der Waals surface area contributed by atoms with Gasteiger partial charge >= 0.3 is 6.03 Å². The van der Waals surface area contributed by atoms with Gasteiger partial charge in [0.05, 0.1) is 11.7 Å². The van der Waals surface area contributed by atoms with E-state index in [1.165, 1.54) is 0 Å². The first kappa shape index (κ1) is 17.0. The van der Waals surface area contributed by atoms with E-state index in [4.69, 9.17) is 0 Å². The molecule has 2 N–H and O–H groups in total. The van der Waals surface area contributed by atoms with Crippen molar-refractivity contribution < 1.29 is 4.79 Å². The maximum atomic E-state index is 12.5. The molecule has 2 aromatic heterocycles. The first-order valence-electron chi connectivity index (χ1n) is 8.50. The second-order valence-electron chi connectivity index (χ2n) is 6.73. The number of benzene rings is 1. The highest BCUT2D eigenvalue weighted by atomic mass is 16.2. The number of rotatable bonds is 4. The molecule has 1 atom stereocenters. The lowest BCUT2D eigenvalue weighted by atomic mass is 9.97. The van der Waals surface area contributed by atoms with Gasteiger partial charge in [0.1, 0.15) is 0 Å². The summed E-state index contributed by atoms with van der Waals surface area (Å²) in [5.41, 5.74) is 3.84. The van der Waals surface area contributed by atoms with E-state index in [1.54, 1.807) is 6.20 Å². The van der Waals surface area contributed by atoms with E-state index in [0.717, 1.165) is 27.8 Å². The lowest BCUT2D eigenvalue weighted by Gasteiger charge is -2.23. The highest BCUT2D eigenvalue weighted by Crippen LogP contribution is 2.23. The monoisotopic (exact) mass is 336 g/mol. The van der Waals surface area contributed by atoms with Gasteiger partial charge in [-0.05, 0) is 48.1 Å². The summed E-state index contributed by atoms with van der Waals surface area (Å²) >= 11 is 0. The topological polar surface area (TPSA) is 59.0 Å². The van der Waals surface area contributed by atoms with Crippen LogP contribution in [0.5, 0.6) is 0 Å². The third kappa shape index (κ3) is 3.65. The van der Waals surface area contributed by atoms with Gasteiger partial charge < -0.3 is 15.2 Å². The third-order valence-corrected chi connectivity index (χ3v) is 4.44. The summed E-state index contributed by atoms with van der Waals surface area (Å²) in [7, 11) is 1.99. The number of fused-ring (bicyclic) bond motifs is 1. The molecule has 0 saturated heterocycles. The molecule has 0 aliphatic rings. The zero-order valence-electron chi connectivity index (χ0n) is 15.1. The van der Waals surface area contributed by atoms with Crippen LogP contribution in [0.4, 0.5) is 10.5 Å². The zero-order valence-corrected chi connectivity index (χ0v) is 15.1. The fourth-order valence-electron chi connectivity index (χ4n) is 3.02. The first-order valence-corrected chi connectivity index (χ1v) is 8.50. The van der Waals surface area contributed by atoms with E-state index in [1.807, 2.05) is 55.1 Å². The average molecular weight is 336 g/mol. The molecule has 130 valence electrons. The summed E-state index contributed by atoms with van der Waals surface area (Å²) in [5.74, 6) is 0.231. The molecule has 25 heavy (non-hydrogen) atoms. The van der Waals surface area contributed by atoms with E-state index in [0.29, 0.717) is 0 Å². The molecule has 0 radical (unpaired) electrons. The van der Waals surface area contributed by atoms with Crippen molar-refractivity contribution in [1.82, 2.24) is 14.9 Å². The molecular formula is C20H24N4O. The Morgan fingerprint density at radius 1 is 1.20 bits per heavy atom. The Hall–Kier alpha value is -2.82. The summed E-state index contributed by atoms with van der Waals surface area (Å²) in [4.78, 5) is 17.0. The van der Waals surface area contributed by atoms with Crippen LogP contribution in [0.1, 0.15) is 31.1 Å². The van der Waals surface area contributed by atoms with Gasteiger partial charge in [0.2, 0.25) is 0 Å².